The van der Waals surface area contributed by atoms with Crippen LogP contribution in [0.2, 0.25) is 0 Å². The van der Waals surface area contributed by atoms with Crippen molar-refractivity contribution in [3.05, 3.63) is 17.0 Å². The first-order valence-corrected chi connectivity index (χ1v) is 8.54. The van der Waals surface area contributed by atoms with E-state index in [1.807, 2.05) is 18.7 Å². The number of hydrogen-bond donors (Lipinski definition) is 1. The molecule has 7 nitrogen and oxygen atoms in total. The maximum atomic E-state index is 11.9. The quantitative estimate of drug-likeness (QED) is 0.821. The molecule has 1 N–H and O–H groups in total. The summed E-state index contributed by atoms with van der Waals surface area (Å²) < 4.78 is 30.2. The molecule has 0 saturated carbocycles. The van der Waals surface area contributed by atoms with Gasteiger partial charge in [-0.05, 0) is 13.8 Å². The Labute approximate surface area is 125 Å². The lowest BCUT2D eigenvalue weighted by Crippen LogP contribution is -2.33. The SMILES string of the molecule is Cc1noc(C)c1CN1C[C@@H](CS(=O)(=O)N(C)C)[C@@H](O)C1. The van der Waals surface area contributed by atoms with Crippen molar-refractivity contribution < 1.29 is 18.0 Å². The fourth-order valence-corrected chi connectivity index (χ4v) is 3.77. The number of aliphatic hydroxyl groups excluding tert-OH is 1. The van der Waals surface area contributed by atoms with Gasteiger partial charge in [0.2, 0.25) is 10.0 Å². The summed E-state index contributed by atoms with van der Waals surface area (Å²) in [5, 5.41) is 14.0. The van der Waals surface area contributed by atoms with Crippen molar-refractivity contribution in [2.45, 2.75) is 26.5 Å². The molecule has 2 rings (SSSR count). The Morgan fingerprint density at radius 3 is 2.57 bits per heavy atom. The van der Waals surface area contributed by atoms with E-state index in [1.54, 1.807) is 0 Å². The van der Waals surface area contributed by atoms with Crippen molar-refractivity contribution in [3.8, 4) is 0 Å². The van der Waals surface area contributed by atoms with E-state index >= 15 is 0 Å². The number of aliphatic hydroxyl groups is 1. The Morgan fingerprint density at radius 2 is 2.05 bits per heavy atom. The highest BCUT2D eigenvalue weighted by Gasteiger charge is 2.35. The smallest absolute Gasteiger partial charge is 0.214 e. The highest BCUT2D eigenvalue weighted by molar-refractivity contribution is 7.89. The molecular weight excluding hydrogens is 294 g/mol. The summed E-state index contributed by atoms with van der Waals surface area (Å²) in [6, 6.07) is 0. The van der Waals surface area contributed by atoms with Gasteiger partial charge in [0.05, 0.1) is 17.6 Å². The number of aryl methyl sites for hydroxylation is 2. The second kappa shape index (κ2) is 6.04. The first-order valence-electron chi connectivity index (χ1n) is 6.93. The molecule has 1 aromatic rings. The van der Waals surface area contributed by atoms with Crippen LogP contribution >= 0.6 is 0 Å². The summed E-state index contributed by atoms with van der Waals surface area (Å²) >= 11 is 0. The number of nitrogens with zero attached hydrogens (tertiary/aromatic N) is 3. The second-order valence-corrected chi connectivity index (χ2v) is 8.11. The topological polar surface area (TPSA) is 86.9 Å². The van der Waals surface area contributed by atoms with Crippen LogP contribution in [0.1, 0.15) is 17.0 Å². The van der Waals surface area contributed by atoms with Crippen LogP contribution < -0.4 is 0 Å². The molecule has 0 radical (unpaired) electrons. The van der Waals surface area contributed by atoms with Gasteiger partial charge in [-0.15, -0.1) is 0 Å². The average Bonchev–Trinajstić information content (AvgIpc) is 2.86. The Kier molecular flexibility index (Phi) is 4.72. The molecule has 0 amide bonds. The maximum Gasteiger partial charge on any atom is 0.214 e. The number of aromatic nitrogens is 1. The molecular formula is C13H23N3O4S. The van der Waals surface area contributed by atoms with E-state index in [9.17, 15) is 13.5 Å². The Hall–Kier alpha value is -0.960. The standard InChI is InChI=1S/C13H23N3O4S/c1-9-12(10(2)20-14-9)6-16-5-11(13(17)7-16)8-21(18,19)15(3)4/h11,13,17H,5-8H2,1-4H3/t11-,13-/m0/s1. The van der Waals surface area contributed by atoms with Crippen molar-refractivity contribution in [3.63, 3.8) is 0 Å². The largest absolute Gasteiger partial charge is 0.391 e. The lowest BCUT2D eigenvalue weighted by atomic mass is 10.1. The fraction of sp³-hybridized carbons (Fsp3) is 0.769. The molecule has 1 saturated heterocycles. The molecule has 8 heteroatoms. The zero-order valence-corrected chi connectivity index (χ0v) is 13.7. The first-order chi connectivity index (χ1) is 9.70. The lowest BCUT2D eigenvalue weighted by Gasteiger charge is -2.18. The van der Waals surface area contributed by atoms with Gasteiger partial charge in [-0.3, -0.25) is 4.90 Å². The molecule has 120 valence electrons. The van der Waals surface area contributed by atoms with E-state index in [0.29, 0.717) is 19.6 Å². The van der Waals surface area contributed by atoms with Gasteiger partial charge in [-0.1, -0.05) is 5.16 Å². The van der Waals surface area contributed by atoms with Crippen molar-refractivity contribution in [1.29, 1.82) is 0 Å². The van der Waals surface area contributed by atoms with Crippen LogP contribution in [0.25, 0.3) is 0 Å². The molecule has 1 aromatic heterocycles. The van der Waals surface area contributed by atoms with Gasteiger partial charge in [0.1, 0.15) is 5.76 Å². The van der Waals surface area contributed by atoms with Crippen molar-refractivity contribution in [2.24, 2.45) is 5.92 Å². The summed E-state index contributed by atoms with van der Waals surface area (Å²) in [4.78, 5) is 2.05. The summed E-state index contributed by atoms with van der Waals surface area (Å²) in [6.07, 6.45) is -0.625. The summed E-state index contributed by atoms with van der Waals surface area (Å²) in [6.45, 7) is 5.38. The summed E-state index contributed by atoms with van der Waals surface area (Å²) in [5.41, 5.74) is 1.85. The first kappa shape index (κ1) is 16.4. The van der Waals surface area contributed by atoms with Crippen LogP contribution in [-0.4, -0.2) is 66.9 Å². The highest BCUT2D eigenvalue weighted by atomic mass is 32.2. The third-order valence-corrected chi connectivity index (χ3v) is 5.99. The van der Waals surface area contributed by atoms with Gasteiger partial charge >= 0.3 is 0 Å². The number of likely N-dealkylation sites (tertiary alicyclic amines) is 1. The van der Waals surface area contributed by atoms with E-state index in [1.165, 1.54) is 18.4 Å². The van der Waals surface area contributed by atoms with Gasteiger partial charge < -0.3 is 9.63 Å². The Bertz CT molecular complexity index is 577. The van der Waals surface area contributed by atoms with Gasteiger partial charge in [-0.2, -0.15) is 0 Å². The van der Waals surface area contributed by atoms with Crippen molar-refractivity contribution >= 4 is 10.0 Å². The van der Waals surface area contributed by atoms with E-state index in [0.717, 1.165) is 17.0 Å². The Balaban J connectivity index is 2.02. The Morgan fingerprint density at radius 1 is 1.38 bits per heavy atom. The summed E-state index contributed by atoms with van der Waals surface area (Å²) in [7, 11) is -0.276. The second-order valence-electron chi connectivity index (χ2n) is 5.89. The van der Waals surface area contributed by atoms with E-state index in [-0.39, 0.29) is 11.7 Å². The normalized spacial score (nSPS) is 24.1. The van der Waals surface area contributed by atoms with Crippen molar-refractivity contribution in [2.75, 3.05) is 32.9 Å². The molecule has 1 fully saturated rings. The van der Waals surface area contributed by atoms with Crippen LogP contribution in [0.5, 0.6) is 0 Å². The molecule has 0 unspecified atom stereocenters. The molecule has 2 heterocycles. The minimum absolute atomic E-state index is 0.0285. The fourth-order valence-electron chi connectivity index (χ4n) is 2.61. The highest BCUT2D eigenvalue weighted by Crippen LogP contribution is 2.23. The summed E-state index contributed by atoms with van der Waals surface area (Å²) in [5.74, 6) is 0.475. The minimum Gasteiger partial charge on any atom is -0.391 e. The van der Waals surface area contributed by atoms with Gasteiger partial charge in [0, 0.05) is 45.2 Å². The van der Waals surface area contributed by atoms with Crippen molar-refractivity contribution in [1.82, 2.24) is 14.4 Å². The van der Waals surface area contributed by atoms with E-state index < -0.39 is 16.1 Å². The van der Waals surface area contributed by atoms with E-state index in [4.69, 9.17) is 4.52 Å². The third kappa shape index (κ3) is 3.63. The molecule has 1 aliphatic heterocycles. The minimum atomic E-state index is -3.30. The average molecular weight is 317 g/mol. The number of β-amino-alcohol motifs (C(OH)–C–C–N with tert-alkyl or cyclic N) is 1. The molecule has 0 spiro atoms. The molecule has 0 aromatic carbocycles. The van der Waals surface area contributed by atoms with Gasteiger partial charge in [-0.25, -0.2) is 12.7 Å². The van der Waals surface area contributed by atoms with Crippen LogP contribution in [0.3, 0.4) is 0 Å². The molecule has 0 bridgehead atoms. The van der Waals surface area contributed by atoms with Crippen LogP contribution in [0.4, 0.5) is 0 Å². The predicted octanol–water partition coefficient (Wildman–Crippen LogP) is -0.0245. The molecule has 1 aliphatic rings. The van der Waals surface area contributed by atoms with Gasteiger partial charge in [0.25, 0.3) is 0 Å². The number of rotatable bonds is 5. The van der Waals surface area contributed by atoms with Crippen LogP contribution in [0, 0.1) is 19.8 Å². The molecule has 2 atom stereocenters. The third-order valence-electron chi connectivity index (χ3n) is 4.03. The maximum absolute atomic E-state index is 11.9. The zero-order valence-electron chi connectivity index (χ0n) is 12.9. The molecule has 21 heavy (non-hydrogen) atoms. The monoisotopic (exact) mass is 317 g/mol. The van der Waals surface area contributed by atoms with Crippen LogP contribution in [0.15, 0.2) is 4.52 Å². The number of sulfonamides is 1. The molecule has 0 aliphatic carbocycles. The van der Waals surface area contributed by atoms with Crippen LogP contribution in [-0.2, 0) is 16.6 Å². The predicted molar refractivity (Wildman–Crippen MR) is 78.2 cm³/mol. The number of hydrogen-bond acceptors (Lipinski definition) is 6. The van der Waals surface area contributed by atoms with E-state index in [2.05, 4.69) is 5.16 Å². The lowest BCUT2D eigenvalue weighted by molar-refractivity contribution is 0.148. The zero-order chi connectivity index (χ0) is 15.8. The van der Waals surface area contributed by atoms with Gasteiger partial charge in [0.15, 0.2) is 0 Å².